The van der Waals surface area contributed by atoms with E-state index in [4.69, 9.17) is 26.1 Å². The highest BCUT2D eigenvalue weighted by atomic mass is 35.5. The van der Waals surface area contributed by atoms with Gasteiger partial charge in [0.1, 0.15) is 11.1 Å². The molecule has 1 unspecified atom stereocenters. The van der Waals surface area contributed by atoms with E-state index in [1.165, 1.54) is 7.05 Å². The van der Waals surface area contributed by atoms with E-state index in [-0.39, 0.29) is 72.6 Å². The topological polar surface area (TPSA) is 201 Å². The smallest absolute Gasteiger partial charge is 0.293 e. The number of amides is 5. The van der Waals surface area contributed by atoms with Crippen LogP contribution in [0.25, 0.3) is 10.9 Å². The number of aromatic nitrogens is 3. The van der Waals surface area contributed by atoms with Gasteiger partial charge in [0.05, 0.1) is 35.0 Å². The number of carbonyl (C=O) groups is 5. The zero-order valence-electron chi connectivity index (χ0n) is 37.7. The molecule has 9 rings (SSSR count). The fourth-order valence-corrected chi connectivity index (χ4v) is 10.3. The van der Waals surface area contributed by atoms with Gasteiger partial charge in [0.15, 0.2) is 18.2 Å². The van der Waals surface area contributed by atoms with E-state index in [0.717, 1.165) is 73.4 Å². The van der Waals surface area contributed by atoms with Crippen molar-refractivity contribution in [3.05, 3.63) is 75.2 Å². The predicted molar refractivity (Wildman–Crippen MR) is 248 cm³/mol. The number of likely N-dealkylation sites (N-methyl/N-ethyl adjacent to an activating group) is 1. The van der Waals surface area contributed by atoms with Gasteiger partial charge in [-0.25, -0.2) is 4.98 Å². The Bertz CT molecular complexity index is 2650. The van der Waals surface area contributed by atoms with Crippen LogP contribution in [0.3, 0.4) is 0 Å². The van der Waals surface area contributed by atoms with Gasteiger partial charge in [-0.3, -0.25) is 43.9 Å². The first-order valence-electron chi connectivity index (χ1n) is 22.8. The number of nitrogens with zero attached hydrogens (tertiary/aromatic N) is 7. The molecule has 2 aromatic carbocycles. The minimum Gasteiger partial charge on any atom is -0.478 e. The summed E-state index contributed by atoms with van der Waals surface area (Å²) in [7, 11) is 1.51. The van der Waals surface area contributed by atoms with E-state index in [1.54, 1.807) is 29.0 Å². The van der Waals surface area contributed by atoms with Gasteiger partial charge < -0.3 is 34.5 Å². The molecule has 348 valence electrons. The number of rotatable bonds is 12. The van der Waals surface area contributed by atoms with Gasteiger partial charge >= 0.3 is 0 Å². The second-order valence-corrected chi connectivity index (χ2v) is 18.7. The lowest BCUT2D eigenvalue weighted by atomic mass is 9.86. The number of nitrogens with one attached hydrogen (secondary N) is 3. The van der Waals surface area contributed by atoms with Crippen molar-refractivity contribution in [3.8, 4) is 5.75 Å². The van der Waals surface area contributed by atoms with Gasteiger partial charge in [-0.15, -0.1) is 0 Å². The number of anilines is 4. The molecule has 0 spiro atoms. The van der Waals surface area contributed by atoms with Crippen molar-refractivity contribution < 1.29 is 33.4 Å². The van der Waals surface area contributed by atoms with Gasteiger partial charge in [0, 0.05) is 80.6 Å². The number of carbonyl (C=O) groups excluding carboxylic acids is 5. The Kier molecular flexibility index (Phi) is 12.5. The molecule has 4 fully saturated rings. The summed E-state index contributed by atoms with van der Waals surface area (Å²) >= 11 is 6.61. The number of halogens is 1. The number of fused-ring (bicyclic) bond motifs is 2. The molecule has 3 atom stereocenters. The summed E-state index contributed by atoms with van der Waals surface area (Å²) in [6, 6.07) is 12.2. The highest BCUT2D eigenvalue weighted by Crippen LogP contribution is 2.37. The van der Waals surface area contributed by atoms with Crippen LogP contribution in [-0.2, 0) is 19.1 Å². The average Bonchev–Trinajstić information content (AvgIpc) is 3.52. The molecule has 4 aliphatic heterocycles. The van der Waals surface area contributed by atoms with Crippen LogP contribution in [0.15, 0.2) is 53.5 Å². The fraction of sp³-hybridized carbons (Fsp3) is 0.489. The predicted octanol–water partition coefficient (Wildman–Crippen LogP) is 4.41. The normalized spacial score (nSPS) is 23.9. The molecule has 5 aliphatic rings. The number of hydrogen-bond acceptors (Lipinski definition) is 14. The fourth-order valence-electron chi connectivity index (χ4n) is 10.2. The molecule has 3 saturated heterocycles. The zero-order valence-corrected chi connectivity index (χ0v) is 38.5. The summed E-state index contributed by atoms with van der Waals surface area (Å²) in [4.78, 5) is 93.6. The highest BCUT2D eigenvalue weighted by molar-refractivity contribution is 6.33. The van der Waals surface area contributed by atoms with Crippen molar-refractivity contribution in [1.82, 2.24) is 35.0 Å². The van der Waals surface area contributed by atoms with Gasteiger partial charge in [0.25, 0.3) is 23.3 Å². The van der Waals surface area contributed by atoms with E-state index >= 15 is 0 Å². The highest BCUT2D eigenvalue weighted by Gasteiger charge is 2.46. The monoisotopic (exact) mass is 922 g/mol. The van der Waals surface area contributed by atoms with Crippen LogP contribution in [-0.4, -0.2) is 130 Å². The van der Waals surface area contributed by atoms with Crippen LogP contribution in [0.5, 0.6) is 5.75 Å². The number of piperidine rings is 2. The van der Waals surface area contributed by atoms with Gasteiger partial charge in [-0.2, -0.15) is 4.98 Å². The number of ether oxygens (including phenoxy) is 2. The molecule has 18 nitrogen and oxygen atoms in total. The lowest BCUT2D eigenvalue weighted by molar-refractivity contribution is -0.136. The third kappa shape index (κ3) is 8.68. The second kappa shape index (κ2) is 18.3. The minimum absolute atomic E-state index is 0.0788. The van der Waals surface area contributed by atoms with E-state index in [2.05, 4.69) is 49.5 Å². The van der Waals surface area contributed by atoms with Crippen molar-refractivity contribution in [1.29, 1.82) is 0 Å². The lowest BCUT2D eigenvalue weighted by Crippen LogP contribution is -2.62. The third-order valence-electron chi connectivity index (χ3n) is 13.5. The number of pyridine rings is 1. The molecule has 19 heteroatoms. The third-order valence-corrected chi connectivity index (χ3v) is 13.8. The number of benzene rings is 2. The van der Waals surface area contributed by atoms with Crippen molar-refractivity contribution in [2.24, 2.45) is 0 Å². The van der Waals surface area contributed by atoms with Gasteiger partial charge in [0.2, 0.25) is 17.8 Å². The molecule has 0 bridgehead atoms. The molecule has 66 heavy (non-hydrogen) atoms. The van der Waals surface area contributed by atoms with Crippen LogP contribution in [0.1, 0.15) is 93.0 Å². The van der Waals surface area contributed by atoms with Crippen LogP contribution in [0.2, 0.25) is 5.02 Å². The Labute approximate surface area is 386 Å². The zero-order chi connectivity index (χ0) is 46.6. The molecule has 1 saturated carbocycles. The Hall–Kier alpha value is -6.11. The molecule has 2 aromatic heterocycles. The van der Waals surface area contributed by atoms with Crippen molar-refractivity contribution in [2.75, 3.05) is 55.0 Å². The number of imide groups is 2. The molecular weight excluding hydrogens is 868 g/mol. The van der Waals surface area contributed by atoms with Gasteiger partial charge in [-0.1, -0.05) is 11.6 Å². The Morgan fingerprint density at radius 2 is 1.65 bits per heavy atom. The Balaban J connectivity index is 0.765. The quantitative estimate of drug-likeness (QED) is 0.169. The molecule has 4 aromatic rings. The molecule has 1 aliphatic carbocycles. The number of hydrogen-bond donors (Lipinski definition) is 3. The first-order chi connectivity index (χ1) is 31.7. The molecule has 6 heterocycles. The maximum atomic E-state index is 13.5. The maximum Gasteiger partial charge on any atom is 0.293 e. The van der Waals surface area contributed by atoms with Crippen molar-refractivity contribution >= 4 is 75.2 Å². The van der Waals surface area contributed by atoms with Crippen LogP contribution < -0.4 is 36.0 Å². The summed E-state index contributed by atoms with van der Waals surface area (Å²) in [6.45, 7) is 11.1. The SMILES string of the molecule is CNC(=O)COc1cc2cc(Nc3nc(N4CCC(OC5CC(N6C[C@@H](C)N(c7ccc8c(c7)C(=O)N(C7CCC(=O)NC7=O)C8=O)[C@@H](C)C6)C5)CC4)ncc3Cl)ccc2n(C(C)C)c1=O. The van der Waals surface area contributed by atoms with Crippen LogP contribution in [0.4, 0.5) is 23.1 Å². The van der Waals surface area contributed by atoms with E-state index in [9.17, 15) is 28.8 Å². The Morgan fingerprint density at radius 1 is 0.924 bits per heavy atom. The van der Waals surface area contributed by atoms with E-state index < -0.39 is 29.7 Å². The summed E-state index contributed by atoms with van der Waals surface area (Å²) in [5.41, 5.74) is 2.55. The standard InChI is InChI=1S/C47H55ClN10O8/c1-25(2)56-37-9-6-29(16-28(37)17-39(46(56)64)65-24-41(60)49-5)51-42-36(48)21-50-47(53-42)54-14-12-32(13-15-54)66-33-18-31(19-33)55-22-26(3)57(27(4)23-55)30-7-8-34-35(20-30)45(63)58(44(34)62)38-10-11-40(59)52-43(38)61/h6-9,16-17,20-21,25-27,31-33,38H,10-15,18-19,22-24H2,1-5H3,(H,49,60)(H,50,51,53)(H,52,59,61)/t26-,27+,31?,33?,38?. The Morgan fingerprint density at radius 3 is 2.35 bits per heavy atom. The van der Waals surface area contributed by atoms with E-state index in [0.29, 0.717) is 34.1 Å². The summed E-state index contributed by atoms with van der Waals surface area (Å²) in [6.07, 6.45) is 5.75. The summed E-state index contributed by atoms with van der Waals surface area (Å²) in [5, 5.41) is 9.19. The summed E-state index contributed by atoms with van der Waals surface area (Å²) < 4.78 is 13.9. The first kappa shape index (κ1) is 45.1. The van der Waals surface area contributed by atoms with Crippen LogP contribution in [0, 0.1) is 0 Å². The maximum absolute atomic E-state index is 13.5. The number of piperazine rings is 1. The van der Waals surface area contributed by atoms with Crippen molar-refractivity contribution in [3.63, 3.8) is 0 Å². The molecular formula is C47H55ClN10O8. The average molecular weight is 923 g/mol. The van der Waals surface area contributed by atoms with Crippen LogP contribution >= 0.6 is 11.6 Å². The van der Waals surface area contributed by atoms with Crippen molar-refractivity contribution in [2.45, 2.75) is 109 Å². The summed E-state index contributed by atoms with van der Waals surface area (Å²) in [5.74, 6) is -1.25. The largest absolute Gasteiger partial charge is 0.478 e. The van der Waals surface area contributed by atoms with E-state index in [1.807, 2.05) is 38.1 Å². The van der Waals surface area contributed by atoms with Gasteiger partial charge in [-0.05, 0) is 102 Å². The second-order valence-electron chi connectivity index (χ2n) is 18.3. The lowest BCUT2D eigenvalue weighted by Gasteiger charge is -2.52. The molecule has 0 radical (unpaired) electrons. The first-order valence-corrected chi connectivity index (χ1v) is 23.2. The molecule has 3 N–H and O–H groups in total. The molecule has 5 amide bonds. The minimum atomic E-state index is -0.995.